The first-order valence-electron chi connectivity index (χ1n) is 8.69. The second-order valence-corrected chi connectivity index (χ2v) is 8.92. The molecule has 0 fully saturated rings. The summed E-state index contributed by atoms with van der Waals surface area (Å²) in [6.07, 6.45) is -4.51. The summed E-state index contributed by atoms with van der Waals surface area (Å²) < 4.78 is 45.9. The molecule has 3 aromatic heterocycles. The normalized spacial score (nSPS) is 12.6. The van der Waals surface area contributed by atoms with E-state index < -0.39 is 17.2 Å². The third-order valence-electron chi connectivity index (χ3n) is 4.28. The molecule has 30 heavy (non-hydrogen) atoms. The minimum Gasteiger partial charge on any atom is -0.453 e. The van der Waals surface area contributed by atoms with Gasteiger partial charge >= 0.3 is 6.18 Å². The van der Waals surface area contributed by atoms with Crippen molar-refractivity contribution in [3.05, 3.63) is 57.0 Å². The van der Waals surface area contributed by atoms with Crippen LogP contribution in [-0.4, -0.2) is 19.8 Å². The number of alkyl halides is 3. The van der Waals surface area contributed by atoms with Crippen LogP contribution in [-0.2, 0) is 11.6 Å². The summed E-state index contributed by atoms with van der Waals surface area (Å²) >= 11 is 7.15. The highest BCUT2D eigenvalue weighted by Crippen LogP contribution is 2.38. The van der Waals surface area contributed by atoms with Crippen molar-refractivity contribution in [3.8, 4) is 22.1 Å². The third-order valence-corrected chi connectivity index (χ3v) is 5.52. The number of hydrogen-bond acceptors (Lipinski definition) is 6. The van der Waals surface area contributed by atoms with Gasteiger partial charge < -0.3 is 4.42 Å². The Balaban J connectivity index is 1.78. The molecule has 0 bridgehead atoms. The minimum atomic E-state index is -4.51. The smallest absolute Gasteiger partial charge is 0.416 e. The first-order valence-corrected chi connectivity index (χ1v) is 9.89. The first-order chi connectivity index (χ1) is 13.9. The molecule has 0 N–H and O–H groups in total. The van der Waals surface area contributed by atoms with Gasteiger partial charge in [0.2, 0.25) is 4.96 Å². The molecule has 11 heteroatoms. The average Bonchev–Trinajstić information content (AvgIpc) is 3.27. The van der Waals surface area contributed by atoms with Gasteiger partial charge in [-0.25, -0.2) is 0 Å². The predicted octanol–water partition coefficient (Wildman–Crippen LogP) is 5.44. The lowest BCUT2D eigenvalue weighted by Crippen LogP contribution is -2.30. The quantitative estimate of drug-likeness (QED) is 0.403. The largest absolute Gasteiger partial charge is 0.453 e. The molecule has 0 atom stereocenters. The highest BCUT2D eigenvalue weighted by molar-refractivity contribution is 7.19. The molecular formula is C19H14ClF3N4O2S. The highest BCUT2D eigenvalue weighted by Gasteiger charge is 2.31. The van der Waals surface area contributed by atoms with Gasteiger partial charge in [0, 0.05) is 11.0 Å². The lowest BCUT2D eigenvalue weighted by Gasteiger charge is -2.14. The maximum atomic E-state index is 13.0. The lowest BCUT2D eigenvalue weighted by molar-refractivity contribution is -0.137. The highest BCUT2D eigenvalue weighted by atomic mass is 35.5. The van der Waals surface area contributed by atoms with Crippen molar-refractivity contribution in [1.29, 1.82) is 0 Å². The number of aromatic nitrogens is 4. The van der Waals surface area contributed by atoms with Crippen LogP contribution in [0.15, 0.2) is 39.5 Å². The van der Waals surface area contributed by atoms with Gasteiger partial charge in [0.25, 0.3) is 5.56 Å². The van der Waals surface area contributed by atoms with E-state index in [9.17, 15) is 18.0 Å². The van der Waals surface area contributed by atoms with Gasteiger partial charge in [-0.2, -0.15) is 17.7 Å². The van der Waals surface area contributed by atoms with Crippen LogP contribution in [0.4, 0.5) is 13.2 Å². The Hall–Kier alpha value is -2.72. The molecule has 0 unspecified atom stereocenters. The Bertz CT molecular complexity index is 1320. The van der Waals surface area contributed by atoms with Crippen molar-refractivity contribution in [1.82, 2.24) is 19.8 Å². The zero-order valence-corrected chi connectivity index (χ0v) is 17.5. The Labute approximate surface area is 176 Å². The van der Waals surface area contributed by atoms with E-state index in [1.807, 2.05) is 20.8 Å². The molecule has 0 aliphatic carbocycles. The summed E-state index contributed by atoms with van der Waals surface area (Å²) in [5.74, 6) is 0.417. The molecule has 0 spiro atoms. The standard InChI is InChI=1S/C19H14ClF3N4O2S/c1-18(2,3)14-16(28)27-17(25-24-14)30-15(26-27)13-7-6-12(29-13)10-8-9(19(21,22)23)4-5-11(10)20/h4-8H,1-3H3. The van der Waals surface area contributed by atoms with E-state index in [4.69, 9.17) is 16.0 Å². The molecule has 0 saturated heterocycles. The fraction of sp³-hybridized carbons (Fsp3) is 0.263. The summed E-state index contributed by atoms with van der Waals surface area (Å²) in [5.41, 5.74) is -1.36. The first kappa shape index (κ1) is 20.5. The molecule has 4 rings (SSSR count). The van der Waals surface area contributed by atoms with Crippen molar-refractivity contribution in [2.45, 2.75) is 32.4 Å². The zero-order chi connectivity index (χ0) is 21.8. The number of fused-ring (bicyclic) bond motifs is 1. The van der Waals surface area contributed by atoms with Crippen LogP contribution in [0, 0.1) is 0 Å². The molecule has 156 valence electrons. The zero-order valence-electron chi connectivity index (χ0n) is 15.9. The third kappa shape index (κ3) is 3.61. The summed E-state index contributed by atoms with van der Waals surface area (Å²) in [6.45, 7) is 5.53. The van der Waals surface area contributed by atoms with E-state index in [0.717, 1.165) is 28.0 Å². The summed E-state index contributed by atoms with van der Waals surface area (Å²) in [5, 5.41) is 12.8. The van der Waals surface area contributed by atoms with Gasteiger partial charge in [-0.3, -0.25) is 4.79 Å². The second kappa shape index (κ2) is 6.92. The Morgan fingerprint density at radius 1 is 1.07 bits per heavy atom. The van der Waals surface area contributed by atoms with Crippen LogP contribution in [0.25, 0.3) is 27.1 Å². The van der Waals surface area contributed by atoms with Crippen molar-refractivity contribution < 1.29 is 17.6 Å². The number of hydrogen-bond donors (Lipinski definition) is 0. The number of rotatable bonds is 2. The second-order valence-electron chi connectivity index (χ2n) is 7.56. The Morgan fingerprint density at radius 3 is 2.43 bits per heavy atom. The van der Waals surface area contributed by atoms with E-state index in [1.54, 1.807) is 6.07 Å². The molecule has 0 radical (unpaired) electrons. The van der Waals surface area contributed by atoms with Crippen molar-refractivity contribution in [2.75, 3.05) is 0 Å². The summed E-state index contributed by atoms with van der Waals surface area (Å²) in [7, 11) is 0. The molecule has 0 aliphatic rings. The molecule has 1 aromatic carbocycles. The summed E-state index contributed by atoms with van der Waals surface area (Å²) in [4.78, 5) is 12.9. The SMILES string of the molecule is CC(C)(C)c1nnc2sc(-c3ccc(-c4cc(C(F)(F)F)ccc4Cl)o3)nn2c1=O. The van der Waals surface area contributed by atoms with Crippen LogP contribution in [0.1, 0.15) is 32.0 Å². The maximum absolute atomic E-state index is 13.0. The van der Waals surface area contributed by atoms with Crippen LogP contribution in [0.3, 0.4) is 0 Å². The van der Waals surface area contributed by atoms with Crippen LogP contribution in [0.5, 0.6) is 0 Å². The van der Waals surface area contributed by atoms with Gasteiger partial charge in [-0.05, 0) is 30.3 Å². The fourth-order valence-corrected chi connectivity index (χ4v) is 3.78. The van der Waals surface area contributed by atoms with E-state index in [0.29, 0.717) is 5.01 Å². The molecule has 3 heterocycles. The average molecular weight is 455 g/mol. The van der Waals surface area contributed by atoms with Gasteiger partial charge in [-0.15, -0.1) is 15.3 Å². The molecule has 0 aliphatic heterocycles. The predicted molar refractivity (Wildman–Crippen MR) is 107 cm³/mol. The molecular weight excluding hydrogens is 441 g/mol. The summed E-state index contributed by atoms with van der Waals surface area (Å²) in [6, 6.07) is 6.04. The molecule has 0 saturated carbocycles. The van der Waals surface area contributed by atoms with Gasteiger partial charge in [-0.1, -0.05) is 43.7 Å². The number of halogens is 4. The van der Waals surface area contributed by atoms with Gasteiger partial charge in [0.15, 0.2) is 10.8 Å². The van der Waals surface area contributed by atoms with Crippen LogP contribution < -0.4 is 5.56 Å². The van der Waals surface area contributed by atoms with Crippen LogP contribution in [0.2, 0.25) is 5.02 Å². The topological polar surface area (TPSA) is 73.3 Å². The molecule has 4 aromatic rings. The van der Waals surface area contributed by atoms with Crippen molar-refractivity contribution in [3.63, 3.8) is 0 Å². The van der Waals surface area contributed by atoms with Crippen LogP contribution >= 0.6 is 22.9 Å². The lowest BCUT2D eigenvalue weighted by atomic mass is 9.93. The number of furan rings is 1. The number of nitrogens with zero attached hydrogens (tertiary/aromatic N) is 4. The van der Waals surface area contributed by atoms with Gasteiger partial charge in [0.1, 0.15) is 11.5 Å². The van der Waals surface area contributed by atoms with E-state index in [-0.39, 0.29) is 38.3 Å². The minimum absolute atomic E-state index is 0.103. The molecule has 6 nitrogen and oxygen atoms in total. The molecule has 0 amide bonds. The Kier molecular flexibility index (Phi) is 4.74. The maximum Gasteiger partial charge on any atom is 0.416 e. The monoisotopic (exact) mass is 454 g/mol. The van der Waals surface area contributed by atoms with Gasteiger partial charge in [0.05, 0.1) is 10.6 Å². The van der Waals surface area contributed by atoms with E-state index in [1.165, 1.54) is 12.1 Å². The van der Waals surface area contributed by atoms with Crippen molar-refractivity contribution in [2.24, 2.45) is 0 Å². The number of benzene rings is 1. The Morgan fingerprint density at radius 2 is 1.77 bits per heavy atom. The fourth-order valence-electron chi connectivity index (χ4n) is 2.77. The van der Waals surface area contributed by atoms with E-state index >= 15 is 0 Å². The van der Waals surface area contributed by atoms with E-state index in [2.05, 4.69) is 15.3 Å². The van der Waals surface area contributed by atoms with Crippen molar-refractivity contribution >= 4 is 27.9 Å².